The predicted octanol–water partition coefficient (Wildman–Crippen LogP) is 1.27. The quantitative estimate of drug-likeness (QED) is 0.753. The van der Waals surface area contributed by atoms with Gasteiger partial charge in [-0.2, -0.15) is 5.10 Å². The first-order chi connectivity index (χ1) is 8.13. The van der Waals surface area contributed by atoms with Gasteiger partial charge in [-0.25, -0.2) is 4.68 Å². The fourth-order valence-electron chi connectivity index (χ4n) is 1.31. The van der Waals surface area contributed by atoms with E-state index in [0.29, 0.717) is 12.2 Å². The van der Waals surface area contributed by atoms with E-state index in [1.807, 2.05) is 6.92 Å². The summed E-state index contributed by atoms with van der Waals surface area (Å²) in [6, 6.07) is -0.135. The number of halogens is 1. The molecular weight excluding hydrogens is 242 g/mol. The number of nitrogens with zero attached hydrogens (tertiary/aromatic N) is 2. The smallest absolute Gasteiger partial charge is 0.287 e. The zero-order valence-electron chi connectivity index (χ0n) is 9.69. The van der Waals surface area contributed by atoms with Crippen molar-refractivity contribution in [2.75, 3.05) is 11.9 Å². The van der Waals surface area contributed by atoms with Crippen LogP contribution in [0.25, 0.3) is 0 Å². The van der Waals surface area contributed by atoms with Crippen LogP contribution in [0, 0.1) is 0 Å². The molecule has 0 fully saturated rings. The van der Waals surface area contributed by atoms with Gasteiger partial charge in [0.05, 0.1) is 25.0 Å². The van der Waals surface area contributed by atoms with Gasteiger partial charge in [0.15, 0.2) is 0 Å². The van der Waals surface area contributed by atoms with Gasteiger partial charge in [-0.05, 0) is 6.42 Å². The molecule has 1 atom stereocenters. The maximum Gasteiger partial charge on any atom is 0.287 e. The minimum absolute atomic E-state index is 0.0252. The monoisotopic (exact) mass is 257 g/mol. The summed E-state index contributed by atoms with van der Waals surface area (Å²) in [6.45, 7) is 5.75. The third-order valence-corrected chi connectivity index (χ3v) is 2.73. The largest absolute Gasteiger partial charge is 0.394 e. The maximum absolute atomic E-state index is 11.8. The van der Waals surface area contributed by atoms with E-state index in [1.165, 1.54) is 10.9 Å². The molecule has 0 aliphatic carbocycles. The van der Waals surface area contributed by atoms with Crippen LogP contribution in [0.2, 0.25) is 5.02 Å². The highest BCUT2D eigenvalue weighted by molar-refractivity contribution is 6.32. The van der Waals surface area contributed by atoms with Gasteiger partial charge in [0, 0.05) is 6.04 Å². The second-order valence-electron chi connectivity index (χ2n) is 3.58. The summed E-state index contributed by atoms with van der Waals surface area (Å²) >= 11 is 5.94. The molecule has 2 N–H and O–H groups in total. The zero-order valence-corrected chi connectivity index (χ0v) is 10.4. The molecule has 1 rings (SSSR count). The topological polar surface area (TPSA) is 67.2 Å². The van der Waals surface area contributed by atoms with Crippen LogP contribution in [0.4, 0.5) is 5.69 Å². The van der Waals surface area contributed by atoms with Crippen LogP contribution >= 0.6 is 11.6 Å². The lowest BCUT2D eigenvalue weighted by Gasteiger charge is -2.16. The number of nitrogens with one attached hydrogen (secondary N) is 1. The Morgan fingerprint density at radius 1 is 1.76 bits per heavy atom. The minimum Gasteiger partial charge on any atom is -0.394 e. The van der Waals surface area contributed by atoms with E-state index in [1.54, 1.807) is 6.08 Å². The van der Waals surface area contributed by atoms with Gasteiger partial charge in [0.25, 0.3) is 5.56 Å². The number of aliphatic hydroxyl groups is 1. The lowest BCUT2D eigenvalue weighted by molar-refractivity contribution is 0.272. The van der Waals surface area contributed by atoms with E-state index < -0.39 is 0 Å². The molecule has 1 heterocycles. The van der Waals surface area contributed by atoms with Crippen LogP contribution in [0.3, 0.4) is 0 Å². The molecule has 1 aromatic heterocycles. The van der Waals surface area contributed by atoms with E-state index in [9.17, 15) is 4.79 Å². The third-order valence-electron chi connectivity index (χ3n) is 2.36. The standard InChI is InChI=1S/C11H16ClN3O2/c1-3-5-15-11(17)10(12)9(6-13-15)14-8(4-2)7-16/h3,6,8,14,16H,1,4-5,7H2,2H3. The fraction of sp³-hybridized carbons (Fsp3) is 0.455. The van der Waals surface area contributed by atoms with Gasteiger partial charge < -0.3 is 10.4 Å². The molecule has 0 radical (unpaired) electrons. The molecule has 0 aliphatic rings. The lowest BCUT2D eigenvalue weighted by atomic mass is 10.2. The van der Waals surface area contributed by atoms with Crippen LogP contribution in [0.15, 0.2) is 23.6 Å². The summed E-state index contributed by atoms with van der Waals surface area (Å²) in [5.74, 6) is 0. The summed E-state index contributed by atoms with van der Waals surface area (Å²) in [5, 5.41) is 16.1. The highest BCUT2D eigenvalue weighted by Gasteiger charge is 2.11. The van der Waals surface area contributed by atoms with E-state index in [2.05, 4.69) is 17.0 Å². The molecule has 0 aliphatic heterocycles. The molecular formula is C11H16ClN3O2. The van der Waals surface area contributed by atoms with Crippen LogP contribution in [-0.2, 0) is 6.54 Å². The Kier molecular flexibility index (Phi) is 5.18. The Labute approximate surface area is 105 Å². The SMILES string of the molecule is C=CCn1ncc(NC(CC)CO)c(Cl)c1=O. The van der Waals surface area contributed by atoms with Crippen molar-refractivity contribution in [1.29, 1.82) is 0 Å². The zero-order chi connectivity index (χ0) is 12.8. The normalized spacial score (nSPS) is 12.2. The Hall–Kier alpha value is -1.33. The van der Waals surface area contributed by atoms with Gasteiger partial charge in [-0.1, -0.05) is 24.6 Å². The first-order valence-corrected chi connectivity index (χ1v) is 5.75. The Bertz CT molecular complexity index is 441. The summed E-state index contributed by atoms with van der Waals surface area (Å²) in [6.07, 6.45) is 3.77. The first kappa shape index (κ1) is 13.7. The molecule has 0 bridgehead atoms. The highest BCUT2D eigenvalue weighted by Crippen LogP contribution is 2.16. The molecule has 1 unspecified atom stereocenters. The average molecular weight is 258 g/mol. The van der Waals surface area contributed by atoms with Crippen LogP contribution in [-0.4, -0.2) is 27.5 Å². The third kappa shape index (κ3) is 3.31. The number of aliphatic hydroxyl groups excluding tert-OH is 1. The molecule has 0 aromatic carbocycles. The van der Waals surface area contributed by atoms with Crippen molar-refractivity contribution in [3.05, 3.63) is 34.2 Å². The minimum atomic E-state index is -0.371. The van der Waals surface area contributed by atoms with Crippen LogP contribution in [0.1, 0.15) is 13.3 Å². The molecule has 0 spiro atoms. The van der Waals surface area contributed by atoms with E-state index in [0.717, 1.165) is 6.42 Å². The van der Waals surface area contributed by atoms with E-state index in [-0.39, 0.29) is 23.2 Å². The molecule has 6 heteroatoms. The Morgan fingerprint density at radius 3 is 3.00 bits per heavy atom. The predicted molar refractivity (Wildman–Crippen MR) is 68.5 cm³/mol. The second kappa shape index (κ2) is 6.42. The van der Waals surface area contributed by atoms with Crippen molar-refractivity contribution < 1.29 is 5.11 Å². The molecule has 0 amide bonds. The Balaban J connectivity index is 3.00. The molecule has 0 saturated heterocycles. The summed E-state index contributed by atoms with van der Waals surface area (Å²) in [7, 11) is 0. The molecule has 94 valence electrons. The second-order valence-corrected chi connectivity index (χ2v) is 3.96. The first-order valence-electron chi connectivity index (χ1n) is 5.37. The summed E-state index contributed by atoms with van der Waals surface area (Å²) in [4.78, 5) is 11.8. The van der Waals surface area contributed by atoms with Gasteiger partial charge in [0.2, 0.25) is 0 Å². The maximum atomic E-state index is 11.8. The molecule has 1 aromatic rings. The van der Waals surface area contributed by atoms with Gasteiger partial charge in [-0.15, -0.1) is 6.58 Å². The van der Waals surface area contributed by atoms with Crippen molar-refractivity contribution in [1.82, 2.24) is 9.78 Å². The van der Waals surface area contributed by atoms with Crippen molar-refractivity contribution in [3.63, 3.8) is 0 Å². The van der Waals surface area contributed by atoms with Crippen LogP contribution < -0.4 is 10.9 Å². The van der Waals surface area contributed by atoms with Crippen molar-refractivity contribution in [3.8, 4) is 0 Å². The number of hydrogen-bond acceptors (Lipinski definition) is 4. The Morgan fingerprint density at radius 2 is 2.47 bits per heavy atom. The number of rotatable bonds is 6. The van der Waals surface area contributed by atoms with E-state index in [4.69, 9.17) is 16.7 Å². The molecule has 0 saturated carbocycles. The average Bonchev–Trinajstić information content (AvgIpc) is 2.34. The number of anilines is 1. The fourth-order valence-corrected chi connectivity index (χ4v) is 1.52. The van der Waals surface area contributed by atoms with Crippen molar-refractivity contribution in [2.24, 2.45) is 0 Å². The van der Waals surface area contributed by atoms with Crippen LogP contribution in [0.5, 0.6) is 0 Å². The molecule has 5 nitrogen and oxygen atoms in total. The summed E-state index contributed by atoms with van der Waals surface area (Å²) < 4.78 is 1.22. The van der Waals surface area contributed by atoms with Crippen molar-refractivity contribution >= 4 is 17.3 Å². The summed E-state index contributed by atoms with van der Waals surface area (Å²) in [5.41, 5.74) is 0.0715. The van der Waals surface area contributed by atoms with Gasteiger partial charge >= 0.3 is 0 Å². The van der Waals surface area contributed by atoms with Gasteiger partial charge in [0.1, 0.15) is 5.02 Å². The highest BCUT2D eigenvalue weighted by atomic mass is 35.5. The number of aromatic nitrogens is 2. The van der Waals surface area contributed by atoms with Crippen molar-refractivity contribution in [2.45, 2.75) is 25.9 Å². The number of hydrogen-bond donors (Lipinski definition) is 2. The number of allylic oxidation sites excluding steroid dienone is 1. The molecule has 17 heavy (non-hydrogen) atoms. The lowest BCUT2D eigenvalue weighted by Crippen LogP contribution is -2.27. The van der Waals surface area contributed by atoms with Gasteiger partial charge in [-0.3, -0.25) is 4.79 Å². The van der Waals surface area contributed by atoms with E-state index >= 15 is 0 Å².